The molecule has 0 atom stereocenters. The number of fused-ring (bicyclic) bond motifs is 1. The number of nitrogens with zero attached hydrogens (tertiary/aromatic N) is 3. The molecule has 3 aromatic rings. The zero-order chi connectivity index (χ0) is 15.2. The van der Waals surface area contributed by atoms with Gasteiger partial charge in [0.15, 0.2) is 5.58 Å². The molecule has 21 heavy (non-hydrogen) atoms. The van der Waals surface area contributed by atoms with Crippen molar-refractivity contribution < 1.29 is 12.9 Å². The van der Waals surface area contributed by atoms with E-state index in [1.807, 2.05) is 0 Å². The molecule has 0 radical (unpaired) electrons. The van der Waals surface area contributed by atoms with Crippen LogP contribution in [0.1, 0.15) is 0 Å². The van der Waals surface area contributed by atoms with Crippen molar-refractivity contribution in [1.82, 2.24) is 14.7 Å². The summed E-state index contributed by atoms with van der Waals surface area (Å²) in [6.07, 6.45) is 1.35. The van der Waals surface area contributed by atoms with E-state index in [1.54, 1.807) is 7.05 Å². The maximum atomic E-state index is 11.6. The lowest BCUT2D eigenvalue weighted by molar-refractivity contribution is 0.459. The lowest BCUT2D eigenvalue weighted by Crippen LogP contribution is -2.15. The number of halogens is 1. The van der Waals surface area contributed by atoms with E-state index in [-0.39, 0.29) is 16.1 Å². The summed E-state index contributed by atoms with van der Waals surface area (Å²) < 4.78 is 29.2. The van der Waals surface area contributed by atoms with Crippen LogP contribution in [-0.4, -0.2) is 23.1 Å². The van der Waals surface area contributed by atoms with Gasteiger partial charge in [0.2, 0.25) is 0 Å². The van der Waals surface area contributed by atoms with Crippen molar-refractivity contribution in [2.75, 3.05) is 0 Å². The number of aryl methyl sites for hydroxylation is 1. The summed E-state index contributed by atoms with van der Waals surface area (Å²) in [4.78, 5) is 15.6. The van der Waals surface area contributed by atoms with Crippen LogP contribution < -0.4 is 5.56 Å². The second kappa shape index (κ2) is 4.68. The van der Waals surface area contributed by atoms with Gasteiger partial charge in [0.25, 0.3) is 14.6 Å². The number of aromatic nitrogens is 3. The smallest absolute Gasteiger partial charge is 0.261 e. The lowest BCUT2D eigenvalue weighted by Gasteiger charge is -1.99. The molecule has 0 aliphatic heterocycles. The van der Waals surface area contributed by atoms with Gasteiger partial charge in [-0.2, -0.15) is 0 Å². The van der Waals surface area contributed by atoms with Gasteiger partial charge >= 0.3 is 0 Å². The van der Waals surface area contributed by atoms with Gasteiger partial charge in [-0.05, 0) is 18.2 Å². The van der Waals surface area contributed by atoms with E-state index in [0.717, 1.165) is 0 Å². The second-order valence-electron chi connectivity index (χ2n) is 4.35. The highest BCUT2D eigenvalue weighted by atomic mass is 35.7. The molecule has 0 unspecified atom stereocenters. The predicted molar refractivity (Wildman–Crippen MR) is 75.5 cm³/mol. The Hall–Kier alpha value is -2.19. The third-order valence-electron chi connectivity index (χ3n) is 2.94. The largest absolute Gasteiger partial charge is 0.356 e. The molecule has 0 saturated carbocycles. The minimum absolute atomic E-state index is 0.0787. The van der Waals surface area contributed by atoms with Crippen LogP contribution in [0.5, 0.6) is 0 Å². The van der Waals surface area contributed by atoms with Crippen molar-refractivity contribution in [3.05, 3.63) is 40.9 Å². The van der Waals surface area contributed by atoms with E-state index >= 15 is 0 Å². The first-order valence-electron chi connectivity index (χ1n) is 5.73. The maximum Gasteiger partial charge on any atom is 0.261 e. The molecule has 7 nitrogen and oxygen atoms in total. The van der Waals surface area contributed by atoms with Gasteiger partial charge in [-0.15, -0.1) is 0 Å². The Morgan fingerprint density at radius 3 is 2.71 bits per heavy atom. The fourth-order valence-electron chi connectivity index (χ4n) is 1.85. The fourth-order valence-corrected chi connectivity index (χ4v) is 2.62. The van der Waals surface area contributed by atoms with Gasteiger partial charge in [0.1, 0.15) is 11.4 Å². The molecule has 2 heterocycles. The number of hydrogen-bond donors (Lipinski definition) is 0. The highest BCUT2D eigenvalue weighted by Gasteiger charge is 2.17. The quantitative estimate of drug-likeness (QED) is 0.663. The molecular weight excluding hydrogens is 318 g/mol. The maximum absolute atomic E-state index is 11.6. The van der Waals surface area contributed by atoms with Gasteiger partial charge in [0.05, 0.1) is 16.6 Å². The van der Waals surface area contributed by atoms with Gasteiger partial charge in [-0.25, -0.2) is 13.4 Å². The first-order valence-corrected chi connectivity index (χ1v) is 8.04. The van der Waals surface area contributed by atoms with Crippen LogP contribution in [0.2, 0.25) is 0 Å². The molecule has 9 heteroatoms. The summed E-state index contributed by atoms with van der Waals surface area (Å²) in [5, 5.41) is 4.25. The summed E-state index contributed by atoms with van der Waals surface area (Å²) in [6.45, 7) is 0. The minimum atomic E-state index is -3.87. The Morgan fingerprint density at radius 1 is 1.29 bits per heavy atom. The SMILES string of the molecule is Cn1cnc(-c2noc3ccc(S(=O)(=O)Cl)cc23)cc1=O. The van der Waals surface area contributed by atoms with Crippen LogP contribution in [0.15, 0.2) is 44.8 Å². The van der Waals surface area contributed by atoms with Crippen molar-refractivity contribution in [2.24, 2.45) is 7.05 Å². The Balaban J connectivity index is 2.28. The van der Waals surface area contributed by atoms with E-state index < -0.39 is 9.05 Å². The average Bonchev–Trinajstić information content (AvgIpc) is 2.84. The van der Waals surface area contributed by atoms with Crippen LogP contribution in [0, 0.1) is 0 Å². The van der Waals surface area contributed by atoms with Crippen molar-refractivity contribution in [3.8, 4) is 11.4 Å². The Bertz CT molecular complexity index is 1010. The molecule has 0 bridgehead atoms. The molecule has 0 amide bonds. The molecular formula is C12H8ClN3O4S. The highest BCUT2D eigenvalue weighted by molar-refractivity contribution is 8.13. The Kier molecular flexibility index (Phi) is 3.07. The predicted octanol–water partition coefficient (Wildman–Crippen LogP) is 1.52. The fraction of sp³-hybridized carbons (Fsp3) is 0.0833. The van der Waals surface area contributed by atoms with Crippen LogP contribution in [0.25, 0.3) is 22.4 Å². The summed E-state index contributed by atoms with van der Waals surface area (Å²) >= 11 is 0. The summed E-state index contributed by atoms with van der Waals surface area (Å²) in [5.41, 5.74) is 0.680. The van der Waals surface area contributed by atoms with E-state index in [2.05, 4.69) is 10.1 Å². The van der Waals surface area contributed by atoms with E-state index in [1.165, 1.54) is 35.2 Å². The molecule has 0 N–H and O–H groups in total. The van der Waals surface area contributed by atoms with Crippen LogP contribution in [-0.2, 0) is 16.1 Å². The van der Waals surface area contributed by atoms with E-state index in [9.17, 15) is 13.2 Å². The van der Waals surface area contributed by atoms with E-state index in [4.69, 9.17) is 15.2 Å². The van der Waals surface area contributed by atoms with Crippen molar-refractivity contribution in [3.63, 3.8) is 0 Å². The molecule has 1 aromatic carbocycles. The Morgan fingerprint density at radius 2 is 2.05 bits per heavy atom. The average molecular weight is 326 g/mol. The molecule has 0 saturated heterocycles. The first-order chi connectivity index (χ1) is 9.86. The highest BCUT2D eigenvalue weighted by Crippen LogP contribution is 2.29. The molecule has 108 valence electrons. The standard InChI is InChI=1S/C12H8ClN3O4S/c1-16-6-14-9(5-11(16)17)12-8-4-7(21(13,18)19)2-3-10(8)20-15-12/h2-6H,1H3. The van der Waals surface area contributed by atoms with Crippen molar-refractivity contribution >= 4 is 30.7 Å². The zero-order valence-electron chi connectivity index (χ0n) is 10.6. The summed E-state index contributed by atoms with van der Waals surface area (Å²) in [5.74, 6) is 0. The topological polar surface area (TPSA) is 95.1 Å². The van der Waals surface area contributed by atoms with Crippen molar-refractivity contribution in [2.45, 2.75) is 4.90 Å². The first kappa shape index (κ1) is 13.8. The third kappa shape index (κ3) is 2.43. The molecule has 0 spiro atoms. The second-order valence-corrected chi connectivity index (χ2v) is 6.92. The van der Waals surface area contributed by atoms with Gasteiger partial charge in [-0.3, -0.25) is 4.79 Å². The van der Waals surface area contributed by atoms with Crippen molar-refractivity contribution in [1.29, 1.82) is 0 Å². The molecule has 2 aromatic heterocycles. The molecule has 0 aliphatic rings. The summed E-state index contributed by atoms with van der Waals surface area (Å²) in [7, 11) is 3.02. The molecule has 0 aliphatic carbocycles. The Labute approximate surface area is 123 Å². The number of benzene rings is 1. The van der Waals surface area contributed by atoms with Crippen LogP contribution in [0.4, 0.5) is 0 Å². The molecule has 3 rings (SSSR count). The van der Waals surface area contributed by atoms with Gasteiger partial charge in [-0.1, -0.05) is 5.16 Å². The lowest BCUT2D eigenvalue weighted by atomic mass is 10.2. The van der Waals surface area contributed by atoms with Crippen LogP contribution in [0.3, 0.4) is 0 Å². The monoisotopic (exact) mass is 325 g/mol. The van der Waals surface area contributed by atoms with Gasteiger partial charge < -0.3 is 9.09 Å². The normalized spacial score (nSPS) is 11.9. The zero-order valence-corrected chi connectivity index (χ0v) is 12.2. The summed E-state index contributed by atoms with van der Waals surface area (Å²) in [6, 6.07) is 5.39. The third-order valence-corrected chi connectivity index (χ3v) is 4.29. The van der Waals surface area contributed by atoms with Gasteiger partial charge in [0, 0.05) is 23.8 Å². The molecule has 0 fully saturated rings. The van der Waals surface area contributed by atoms with Crippen LogP contribution >= 0.6 is 10.7 Å². The minimum Gasteiger partial charge on any atom is -0.356 e. The number of rotatable bonds is 2. The number of hydrogen-bond acceptors (Lipinski definition) is 6. The van der Waals surface area contributed by atoms with E-state index in [0.29, 0.717) is 16.7 Å².